The molecular weight excluding hydrogens is 1040 g/mol. The zero-order valence-corrected chi connectivity index (χ0v) is 48.8. The predicted molar refractivity (Wildman–Crippen MR) is 303 cm³/mol. The number of unbranched alkanes of at least 4 members (excludes halogenated alkanes) is 1. The van der Waals surface area contributed by atoms with Crippen LogP contribution in [0.5, 0.6) is 0 Å². The minimum atomic E-state index is -0.244. The highest BCUT2D eigenvalue weighted by Gasteiger charge is 2.39. The molecule has 0 spiro atoms. The van der Waals surface area contributed by atoms with Crippen LogP contribution in [0, 0.1) is 5.92 Å². The van der Waals surface area contributed by atoms with Gasteiger partial charge in [-0.1, -0.05) is 57.0 Å². The lowest BCUT2D eigenvalue weighted by atomic mass is 9.93. The molecule has 79 heavy (non-hydrogen) atoms. The van der Waals surface area contributed by atoms with Crippen molar-refractivity contribution in [3.63, 3.8) is 0 Å². The monoisotopic (exact) mass is 1140 g/mol. The molecule has 21 heteroatoms. The number of nitrogens with zero attached hydrogens (tertiary/aromatic N) is 4. The van der Waals surface area contributed by atoms with Crippen molar-refractivity contribution in [2.24, 2.45) is 5.92 Å². The number of amides is 1. The number of halogens is 1. The van der Waals surface area contributed by atoms with Gasteiger partial charge in [0.1, 0.15) is 12.4 Å². The number of ether oxygens (including phenoxy) is 13. The van der Waals surface area contributed by atoms with E-state index in [0.717, 1.165) is 75.7 Å². The first kappa shape index (κ1) is 68.3. The molecule has 452 valence electrons. The van der Waals surface area contributed by atoms with Crippen LogP contribution >= 0.6 is 11.6 Å². The Morgan fingerprint density at radius 1 is 0.595 bits per heavy atom. The zero-order valence-electron chi connectivity index (χ0n) is 48.1. The van der Waals surface area contributed by atoms with Crippen LogP contribution in [-0.2, 0) is 77.6 Å². The zero-order chi connectivity index (χ0) is 56.1. The van der Waals surface area contributed by atoms with Gasteiger partial charge in [-0.2, -0.15) is 0 Å². The van der Waals surface area contributed by atoms with Crippen LogP contribution in [0.1, 0.15) is 64.9 Å². The Bertz CT molecular complexity index is 1760. The average Bonchev–Trinajstić information content (AvgIpc) is 3.51. The molecule has 2 atom stereocenters. The summed E-state index contributed by atoms with van der Waals surface area (Å²) in [6, 6.07) is 15.2. The molecule has 4 rings (SSSR count). The summed E-state index contributed by atoms with van der Waals surface area (Å²) in [5.41, 5.74) is 1.28. The molecule has 1 N–H and O–H groups in total. The first-order valence-electron chi connectivity index (χ1n) is 29.1. The fourth-order valence-corrected chi connectivity index (χ4v) is 9.12. The third-order valence-electron chi connectivity index (χ3n) is 13.0. The van der Waals surface area contributed by atoms with Gasteiger partial charge in [-0.25, -0.2) is 4.98 Å². The van der Waals surface area contributed by atoms with Crippen molar-refractivity contribution in [3.8, 4) is 0 Å². The summed E-state index contributed by atoms with van der Waals surface area (Å²) in [6.07, 6.45) is 7.61. The van der Waals surface area contributed by atoms with E-state index in [1.807, 2.05) is 24.4 Å². The van der Waals surface area contributed by atoms with Crippen molar-refractivity contribution < 1.29 is 71.2 Å². The molecule has 1 aromatic carbocycles. The van der Waals surface area contributed by atoms with Crippen LogP contribution in [0.25, 0.3) is 0 Å². The molecule has 2 fully saturated rings. The van der Waals surface area contributed by atoms with Gasteiger partial charge in [-0.3, -0.25) is 19.4 Å². The lowest BCUT2D eigenvalue weighted by Gasteiger charge is -2.51. The lowest BCUT2D eigenvalue weighted by molar-refractivity contribution is -0.148. The standard InChI is InChI=1S/C58H98ClN5O15/c1-4-5-9-57(65)61-18-22-68-24-26-70-28-30-72-32-34-74-36-38-76-40-42-78-44-43-77-41-39-75-37-35-73-33-31-71-29-27-69-25-23-67-21-16-58(66)79-49-55-48-64(53-14-19-62(20-15-53)56-8-6-7-17-60-56)54(47-63(55)46-50(2)3)45-51-10-12-52(59)13-11-51/h6-8,10-13,17,50,53-55H,4-5,9,14-16,18-49H2,1-3H3,(H,61,65)/t54-,55+/m0/s1. The number of nitrogens with one attached hydrogen (secondary N) is 1. The van der Waals surface area contributed by atoms with Gasteiger partial charge >= 0.3 is 5.97 Å². The molecule has 0 aliphatic carbocycles. The van der Waals surface area contributed by atoms with Crippen molar-refractivity contribution in [2.45, 2.75) is 83.8 Å². The van der Waals surface area contributed by atoms with Crippen molar-refractivity contribution in [2.75, 3.05) is 209 Å². The van der Waals surface area contributed by atoms with Crippen LogP contribution in [0.3, 0.4) is 0 Å². The molecule has 2 aliphatic heterocycles. The van der Waals surface area contributed by atoms with E-state index in [2.05, 4.69) is 70.0 Å². The summed E-state index contributed by atoms with van der Waals surface area (Å²) in [5, 5.41) is 3.59. The van der Waals surface area contributed by atoms with E-state index in [9.17, 15) is 9.59 Å². The normalized spacial score (nSPS) is 16.5. The summed E-state index contributed by atoms with van der Waals surface area (Å²) < 4.78 is 72.5. The van der Waals surface area contributed by atoms with E-state index < -0.39 is 0 Å². The predicted octanol–water partition coefficient (Wildman–Crippen LogP) is 5.40. The third kappa shape index (κ3) is 34.1. The highest BCUT2D eigenvalue weighted by molar-refractivity contribution is 6.30. The first-order chi connectivity index (χ1) is 38.8. The van der Waals surface area contributed by atoms with Crippen molar-refractivity contribution in [1.29, 1.82) is 0 Å². The van der Waals surface area contributed by atoms with Crippen LogP contribution in [0.15, 0.2) is 48.7 Å². The molecular formula is C58H98ClN5O15. The fraction of sp³-hybridized carbons (Fsp3) is 0.776. The quantitative estimate of drug-likeness (QED) is 0.0655. The summed E-state index contributed by atoms with van der Waals surface area (Å²) in [5.74, 6) is 1.35. The number of benzene rings is 1. The van der Waals surface area contributed by atoms with Gasteiger partial charge in [-0.15, -0.1) is 0 Å². The molecule has 0 unspecified atom stereocenters. The van der Waals surface area contributed by atoms with Crippen molar-refractivity contribution in [1.82, 2.24) is 20.1 Å². The van der Waals surface area contributed by atoms with Crippen molar-refractivity contribution >= 4 is 29.3 Å². The Hall–Kier alpha value is -3.16. The van der Waals surface area contributed by atoms with Gasteiger partial charge in [0.2, 0.25) is 5.91 Å². The van der Waals surface area contributed by atoms with E-state index in [1.54, 1.807) is 0 Å². The summed E-state index contributed by atoms with van der Waals surface area (Å²) in [7, 11) is 0. The number of anilines is 1. The highest BCUT2D eigenvalue weighted by Crippen LogP contribution is 2.29. The van der Waals surface area contributed by atoms with Gasteiger partial charge in [0.25, 0.3) is 0 Å². The molecule has 1 amide bonds. The Morgan fingerprint density at radius 2 is 1.06 bits per heavy atom. The van der Waals surface area contributed by atoms with Gasteiger partial charge in [-0.05, 0) is 61.4 Å². The average molecular weight is 1140 g/mol. The summed E-state index contributed by atoms with van der Waals surface area (Å²) >= 11 is 6.26. The largest absolute Gasteiger partial charge is 0.464 e. The Morgan fingerprint density at radius 3 is 1.51 bits per heavy atom. The molecule has 3 heterocycles. The number of carbonyl (C=O) groups excluding carboxylic acids is 2. The molecule has 2 saturated heterocycles. The minimum absolute atomic E-state index is 0.0741. The van der Waals surface area contributed by atoms with E-state index in [4.69, 9.17) is 73.2 Å². The molecule has 2 aliphatic rings. The number of pyridine rings is 1. The van der Waals surface area contributed by atoms with Crippen LogP contribution < -0.4 is 10.2 Å². The SMILES string of the molecule is CCCCC(=O)NCCOCCOCCOCCOCCOCCOCCOCCOCCOCCOCCOCCOCCC(=O)OC[C@H]1CN(C2CCN(c3ccccn3)CC2)[C@@H](Cc2ccc(Cl)cc2)CN1CC(C)C. The molecule has 0 radical (unpaired) electrons. The van der Waals surface area contributed by atoms with Gasteiger partial charge in [0, 0.05) is 69.0 Å². The minimum Gasteiger partial charge on any atom is -0.464 e. The number of rotatable bonds is 50. The Labute approximate surface area is 477 Å². The second kappa shape index (κ2) is 46.3. The van der Waals surface area contributed by atoms with E-state index in [0.29, 0.717) is 190 Å². The highest BCUT2D eigenvalue weighted by atomic mass is 35.5. The van der Waals surface area contributed by atoms with E-state index in [-0.39, 0.29) is 30.9 Å². The first-order valence-corrected chi connectivity index (χ1v) is 29.5. The Kier molecular flexibility index (Phi) is 40.1. The molecule has 1 aromatic heterocycles. The number of piperidine rings is 1. The topological polar surface area (TPSA) is 189 Å². The number of piperazine rings is 1. The molecule has 2 aromatic rings. The number of aromatic nitrogens is 1. The molecule has 0 saturated carbocycles. The number of esters is 1. The summed E-state index contributed by atoms with van der Waals surface area (Å²) in [6.45, 7) is 23.2. The molecule has 20 nitrogen and oxygen atoms in total. The second-order valence-corrected chi connectivity index (χ2v) is 20.3. The van der Waals surface area contributed by atoms with Gasteiger partial charge in [0.15, 0.2) is 0 Å². The lowest BCUT2D eigenvalue weighted by Crippen LogP contribution is -2.64. The number of carbonyl (C=O) groups is 2. The van der Waals surface area contributed by atoms with Crippen molar-refractivity contribution in [3.05, 3.63) is 59.2 Å². The van der Waals surface area contributed by atoms with Crippen LogP contribution in [0.2, 0.25) is 5.02 Å². The maximum absolute atomic E-state index is 13.0. The van der Waals surface area contributed by atoms with Gasteiger partial charge in [0.05, 0.1) is 171 Å². The number of hydrogen-bond donors (Lipinski definition) is 1. The van der Waals surface area contributed by atoms with Crippen LogP contribution in [-0.4, -0.2) is 249 Å². The third-order valence-corrected chi connectivity index (χ3v) is 13.3. The van der Waals surface area contributed by atoms with E-state index in [1.165, 1.54) is 5.56 Å². The Balaban J connectivity index is 0.870. The summed E-state index contributed by atoms with van der Waals surface area (Å²) in [4.78, 5) is 36.7. The maximum atomic E-state index is 13.0. The maximum Gasteiger partial charge on any atom is 0.308 e. The molecule has 0 bridgehead atoms. The van der Waals surface area contributed by atoms with E-state index >= 15 is 0 Å². The van der Waals surface area contributed by atoms with Crippen LogP contribution in [0.4, 0.5) is 5.82 Å². The second-order valence-electron chi connectivity index (χ2n) is 19.8. The number of hydrogen-bond acceptors (Lipinski definition) is 19. The fourth-order valence-electron chi connectivity index (χ4n) is 9.00. The van der Waals surface area contributed by atoms with Gasteiger partial charge < -0.3 is 71.8 Å². The smallest absolute Gasteiger partial charge is 0.308 e.